The number of non-ortho nitro benzene ring substituents is 1. The predicted molar refractivity (Wildman–Crippen MR) is 97.0 cm³/mol. The zero-order chi connectivity index (χ0) is 19.3. The highest BCUT2D eigenvalue weighted by Crippen LogP contribution is 2.37. The predicted octanol–water partition coefficient (Wildman–Crippen LogP) is 3.19. The zero-order valence-corrected chi connectivity index (χ0v) is 14.8. The van der Waals surface area contributed by atoms with Crippen molar-refractivity contribution in [1.29, 1.82) is 0 Å². The van der Waals surface area contributed by atoms with Gasteiger partial charge in [0, 0.05) is 22.7 Å². The summed E-state index contributed by atoms with van der Waals surface area (Å²) in [6.07, 6.45) is -1.10. The Bertz CT molecular complexity index is 1020. The number of nitrogens with zero attached hydrogens (tertiary/aromatic N) is 3. The number of imide groups is 1. The summed E-state index contributed by atoms with van der Waals surface area (Å²) in [5.74, 6) is -2.09. The number of amides is 2. The molecule has 0 saturated carbocycles. The molecule has 2 amide bonds. The van der Waals surface area contributed by atoms with Crippen LogP contribution in [0, 0.1) is 16.0 Å². The van der Waals surface area contributed by atoms with Gasteiger partial charge in [0.15, 0.2) is 0 Å². The Balaban J connectivity index is 1.69. The molecule has 2 aliphatic heterocycles. The van der Waals surface area contributed by atoms with Gasteiger partial charge in [0.25, 0.3) is 11.6 Å². The molecule has 8 nitrogen and oxygen atoms in total. The smallest absolute Gasteiger partial charge is 0.278 e. The Morgan fingerprint density at radius 2 is 1.78 bits per heavy atom. The number of oxime groups is 1. The summed E-state index contributed by atoms with van der Waals surface area (Å²) in [7, 11) is 0. The Labute approximate surface area is 162 Å². The molecule has 2 atom stereocenters. The number of hydrogen-bond acceptors (Lipinski definition) is 6. The van der Waals surface area contributed by atoms with Gasteiger partial charge in [-0.3, -0.25) is 19.7 Å². The second-order valence-electron chi connectivity index (χ2n) is 5.89. The van der Waals surface area contributed by atoms with Crippen LogP contribution in [0.3, 0.4) is 0 Å². The minimum absolute atomic E-state index is 0.149. The molecule has 0 radical (unpaired) electrons. The van der Waals surface area contributed by atoms with Crippen LogP contribution in [-0.4, -0.2) is 28.6 Å². The van der Waals surface area contributed by atoms with E-state index in [1.165, 1.54) is 30.3 Å². The van der Waals surface area contributed by atoms with Crippen molar-refractivity contribution >= 4 is 52.1 Å². The lowest BCUT2D eigenvalue weighted by molar-refractivity contribution is -0.384. The quantitative estimate of drug-likeness (QED) is 0.443. The van der Waals surface area contributed by atoms with Crippen molar-refractivity contribution in [3.63, 3.8) is 0 Å². The van der Waals surface area contributed by atoms with Crippen molar-refractivity contribution in [2.24, 2.45) is 11.1 Å². The Morgan fingerprint density at radius 1 is 1.07 bits per heavy atom. The number of hydrogen-bond donors (Lipinski definition) is 0. The lowest BCUT2D eigenvalue weighted by Crippen LogP contribution is -2.33. The maximum atomic E-state index is 12.9. The van der Waals surface area contributed by atoms with Crippen LogP contribution in [0.5, 0.6) is 0 Å². The molecule has 2 aliphatic rings. The van der Waals surface area contributed by atoms with Crippen molar-refractivity contribution in [3.05, 3.63) is 68.2 Å². The van der Waals surface area contributed by atoms with Crippen molar-refractivity contribution in [1.82, 2.24) is 0 Å². The van der Waals surface area contributed by atoms with Crippen molar-refractivity contribution < 1.29 is 19.3 Å². The number of halogens is 2. The fourth-order valence-corrected chi connectivity index (χ4v) is 3.58. The van der Waals surface area contributed by atoms with E-state index in [0.29, 0.717) is 10.6 Å². The van der Waals surface area contributed by atoms with Gasteiger partial charge in [-0.1, -0.05) is 34.4 Å². The van der Waals surface area contributed by atoms with E-state index in [9.17, 15) is 19.7 Å². The molecule has 136 valence electrons. The normalized spacial score (nSPS) is 21.1. The molecule has 2 aromatic rings. The molecule has 2 heterocycles. The summed E-state index contributed by atoms with van der Waals surface area (Å²) < 4.78 is 0. The number of benzene rings is 2. The van der Waals surface area contributed by atoms with Crippen LogP contribution in [0.15, 0.2) is 47.6 Å². The molecule has 0 spiro atoms. The number of carbonyl (C=O) groups excluding carboxylic acids is 2. The zero-order valence-electron chi connectivity index (χ0n) is 13.3. The summed E-state index contributed by atoms with van der Waals surface area (Å²) in [5, 5.41) is 15.4. The van der Waals surface area contributed by atoms with Crippen LogP contribution in [-0.2, 0) is 14.4 Å². The maximum absolute atomic E-state index is 12.9. The highest BCUT2D eigenvalue weighted by Gasteiger charge is 2.56. The topological polar surface area (TPSA) is 102 Å². The number of fused-ring (bicyclic) bond motifs is 1. The van der Waals surface area contributed by atoms with Gasteiger partial charge < -0.3 is 4.84 Å². The van der Waals surface area contributed by atoms with Gasteiger partial charge in [-0.2, -0.15) is 0 Å². The van der Waals surface area contributed by atoms with Crippen LogP contribution >= 0.6 is 23.2 Å². The molecule has 4 rings (SSSR count). The Morgan fingerprint density at radius 3 is 2.41 bits per heavy atom. The van der Waals surface area contributed by atoms with Gasteiger partial charge in [0.1, 0.15) is 11.6 Å². The van der Waals surface area contributed by atoms with Crippen molar-refractivity contribution in [2.75, 3.05) is 4.90 Å². The molecule has 2 unspecified atom stereocenters. The maximum Gasteiger partial charge on any atom is 0.278 e. The molecular formula is C17H9Cl2N3O5. The first-order valence-electron chi connectivity index (χ1n) is 7.70. The molecule has 2 aromatic carbocycles. The first kappa shape index (κ1) is 17.4. The van der Waals surface area contributed by atoms with Gasteiger partial charge >= 0.3 is 0 Å². The van der Waals surface area contributed by atoms with Crippen molar-refractivity contribution in [3.8, 4) is 0 Å². The second-order valence-corrected chi connectivity index (χ2v) is 6.73. The van der Waals surface area contributed by atoms with Gasteiger partial charge in [0.05, 0.1) is 15.6 Å². The second kappa shape index (κ2) is 6.33. The fourth-order valence-electron chi connectivity index (χ4n) is 3.08. The number of anilines is 1. The van der Waals surface area contributed by atoms with E-state index in [4.69, 9.17) is 28.0 Å². The van der Waals surface area contributed by atoms with E-state index in [0.717, 1.165) is 4.90 Å². The van der Waals surface area contributed by atoms with E-state index in [2.05, 4.69) is 5.16 Å². The van der Waals surface area contributed by atoms with E-state index < -0.39 is 28.8 Å². The Kier molecular flexibility index (Phi) is 4.09. The highest BCUT2D eigenvalue weighted by atomic mass is 35.5. The van der Waals surface area contributed by atoms with Gasteiger partial charge in [-0.05, 0) is 24.3 Å². The van der Waals surface area contributed by atoms with Crippen LogP contribution in [0.4, 0.5) is 11.4 Å². The summed E-state index contributed by atoms with van der Waals surface area (Å²) in [5.41, 5.74) is 0.754. The number of nitro benzene ring substituents is 1. The largest absolute Gasteiger partial charge is 0.381 e. The van der Waals surface area contributed by atoms with E-state index in [1.807, 2.05) is 0 Å². The molecule has 0 N–H and O–H groups in total. The molecule has 0 bridgehead atoms. The first-order valence-corrected chi connectivity index (χ1v) is 8.45. The lowest BCUT2D eigenvalue weighted by atomic mass is 9.94. The van der Waals surface area contributed by atoms with Crippen LogP contribution in [0.2, 0.25) is 10.0 Å². The van der Waals surface area contributed by atoms with Gasteiger partial charge in [-0.15, -0.1) is 0 Å². The molecule has 1 fully saturated rings. The van der Waals surface area contributed by atoms with Crippen LogP contribution in [0.1, 0.15) is 5.56 Å². The third-order valence-corrected chi connectivity index (χ3v) is 4.89. The first-order chi connectivity index (χ1) is 12.9. The molecule has 0 aromatic heterocycles. The fraction of sp³-hybridized carbons (Fsp3) is 0.118. The standard InChI is InChI=1S/C17H9Cl2N3O5/c18-8-1-6-11(12(19)7-8)14-13-15(27-20-14)17(24)21(16(13)23)9-2-4-10(5-3-9)22(25)26/h1-7,13,15H. The molecular weight excluding hydrogens is 397 g/mol. The molecule has 1 saturated heterocycles. The Hall–Kier alpha value is -2.97. The van der Waals surface area contributed by atoms with Crippen LogP contribution in [0.25, 0.3) is 0 Å². The SMILES string of the molecule is O=C1C2ON=C(c3ccc(Cl)cc3Cl)C2C(=O)N1c1ccc([N+](=O)[O-])cc1. The van der Waals surface area contributed by atoms with Crippen molar-refractivity contribution in [2.45, 2.75) is 6.10 Å². The third kappa shape index (κ3) is 2.73. The minimum atomic E-state index is -1.10. The summed E-state index contributed by atoms with van der Waals surface area (Å²) >= 11 is 12.1. The van der Waals surface area contributed by atoms with Gasteiger partial charge in [0.2, 0.25) is 12.0 Å². The highest BCUT2D eigenvalue weighted by molar-refractivity contribution is 6.39. The number of nitro groups is 1. The molecule has 27 heavy (non-hydrogen) atoms. The number of rotatable bonds is 3. The summed E-state index contributed by atoms with van der Waals surface area (Å²) in [6, 6.07) is 9.80. The molecule has 10 heteroatoms. The van der Waals surface area contributed by atoms with E-state index in [-0.39, 0.29) is 22.1 Å². The average Bonchev–Trinajstić information content (AvgIpc) is 3.16. The summed E-state index contributed by atoms with van der Waals surface area (Å²) in [6.45, 7) is 0. The lowest BCUT2D eigenvalue weighted by Gasteiger charge is -2.15. The van der Waals surface area contributed by atoms with Crippen LogP contribution < -0.4 is 4.90 Å². The monoisotopic (exact) mass is 405 g/mol. The van der Waals surface area contributed by atoms with Gasteiger partial charge in [-0.25, -0.2) is 4.90 Å². The average molecular weight is 406 g/mol. The number of carbonyl (C=O) groups is 2. The molecule has 0 aliphatic carbocycles. The third-order valence-electron chi connectivity index (χ3n) is 4.34. The van der Waals surface area contributed by atoms with E-state index >= 15 is 0 Å². The minimum Gasteiger partial charge on any atom is -0.381 e. The summed E-state index contributed by atoms with van der Waals surface area (Å²) in [4.78, 5) is 41.9. The van der Waals surface area contributed by atoms with E-state index in [1.54, 1.807) is 12.1 Å².